The van der Waals surface area contributed by atoms with Crippen molar-refractivity contribution in [3.8, 4) is 0 Å². The van der Waals surface area contributed by atoms with E-state index < -0.39 is 16.2 Å². The molecule has 0 rings (SSSR count). The Balaban J connectivity index is -0.000000240. The zero-order valence-corrected chi connectivity index (χ0v) is 30.9. The van der Waals surface area contributed by atoms with Gasteiger partial charge in [0, 0.05) is 90.7 Å². The Hall–Kier alpha value is -1.05. The van der Waals surface area contributed by atoms with Crippen LogP contribution in [0.5, 0.6) is 0 Å². The molecule has 0 atom stereocenters. The standard InChI is InChI=1S/3C11H20O2.Gd/c3*1-10(2,3)8(12)7-9(13)11(4,5)6;/h3*7,12H,1-6H3;/b3*8-7-;. The molecule has 0 spiro atoms. The molecule has 0 aliphatic heterocycles. The monoisotopic (exact) mass is 710 g/mol. The zero-order chi connectivity index (χ0) is 32.6. The normalized spacial score (nSPS) is 14.1. The van der Waals surface area contributed by atoms with Gasteiger partial charge in [0.1, 0.15) is 17.3 Å². The zero-order valence-electron chi connectivity index (χ0n) is 28.7. The fraction of sp³-hybridized carbons (Fsp3) is 0.727. The summed E-state index contributed by atoms with van der Waals surface area (Å²) in [6.45, 7) is 33.3. The number of allylic oxidation sites excluding steroid dienone is 6. The molecule has 0 saturated carbocycles. The maximum atomic E-state index is 11.5. The van der Waals surface area contributed by atoms with Gasteiger partial charge in [0.15, 0.2) is 17.3 Å². The quantitative estimate of drug-likeness (QED) is 0.199. The number of aliphatic hydroxyl groups is 3. The average molecular weight is 710 g/mol. The van der Waals surface area contributed by atoms with Crippen LogP contribution in [-0.4, -0.2) is 32.7 Å². The van der Waals surface area contributed by atoms with Crippen LogP contribution < -0.4 is 0 Å². The van der Waals surface area contributed by atoms with Crippen molar-refractivity contribution in [1.29, 1.82) is 0 Å². The predicted octanol–water partition coefficient (Wildman–Crippen LogP) is 9.27. The van der Waals surface area contributed by atoms with Gasteiger partial charge in [-0.3, -0.25) is 14.4 Å². The summed E-state index contributed by atoms with van der Waals surface area (Å²) in [7, 11) is 0. The number of carbonyl (C=O) groups excluding carboxylic acids is 3. The molecule has 6 nitrogen and oxygen atoms in total. The van der Waals surface area contributed by atoms with Gasteiger partial charge in [-0.1, -0.05) is 125 Å². The molecule has 0 saturated heterocycles. The molecule has 0 bridgehead atoms. The van der Waals surface area contributed by atoms with Gasteiger partial charge in [-0.25, -0.2) is 0 Å². The van der Waals surface area contributed by atoms with Crippen molar-refractivity contribution in [2.24, 2.45) is 32.5 Å². The third kappa shape index (κ3) is 21.7. The summed E-state index contributed by atoms with van der Waals surface area (Å²) in [5.41, 5.74) is -2.29. The summed E-state index contributed by atoms with van der Waals surface area (Å²) in [5.74, 6) is 0.312. The van der Waals surface area contributed by atoms with Crippen LogP contribution in [-0.2, 0) is 14.4 Å². The minimum absolute atomic E-state index is 0. The van der Waals surface area contributed by atoms with Gasteiger partial charge in [-0.05, 0) is 0 Å². The molecule has 40 heavy (non-hydrogen) atoms. The van der Waals surface area contributed by atoms with E-state index in [0.717, 1.165) is 0 Å². The van der Waals surface area contributed by atoms with Crippen LogP contribution >= 0.6 is 0 Å². The summed E-state index contributed by atoms with van der Waals surface area (Å²) in [6.07, 6.45) is 4.00. The van der Waals surface area contributed by atoms with Crippen LogP contribution in [0.25, 0.3) is 0 Å². The second-order valence-corrected chi connectivity index (χ2v) is 16.2. The van der Waals surface area contributed by atoms with E-state index in [4.69, 9.17) is 0 Å². The molecule has 0 aliphatic carbocycles. The van der Waals surface area contributed by atoms with Crippen molar-refractivity contribution in [2.45, 2.75) is 125 Å². The number of aliphatic hydroxyl groups excluding tert-OH is 3. The Morgan fingerprint density at radius 3 is 0.550 bits per heavy atom. The number of rotatable bonds is 3. The van der Waals surface area contributed by atoms with E-state index in [9.17, 15) is 29.7 Å². The van der Waals surface area contributed by atoms with Gasteiger partial charge < -0.3 is 15.3 Å². The van der Waals surface area contributed by atoms with E-state index in [0.29, 0.717) is 0 Å². The summed E-state index contributed by atoms with van der Waals surface area (Å²) in [6, 6.07) is 0. The fourth-order valence-corrected chi connectivity index (χ4v) is 1.67. The summed E-state index contributed by atoms with van der Waals surface area (Å²) < 4.78 is 0. The van der Waals surface area contributed by atoms with Crippen LogP contribution in [0.15, 0.2) is 35.5 Å². The molecular formula is C33H60GdO6. The Labute approximate surface area is 277 Å². The maximum absolute atomic E-state index is 11.5. The predicted molar refractivity (Wildman–Crippen MR) is 164 cm³/mol. The van der Waals surface area contributed by atoms with Gasteiger partial charge in [0.05, 0.1) is 0 Å². The molecular weight excluding hydrogens is 650 g/mol. The molecule has 0 fully saturated rings. The van der Waals surface area contributed by atoms with Crippen molar-refractivity contribution in [2.75, 3.05) is 0 Å². The first-order valence-corrected chi connectivity index (χ1v) is 13.5. The van der Waals surface area contributed by atoms with E-state index in [1.165, 1.54) is 18.2 Å². The van der Waals surface area contributed by atoms with Crippen LogP contribution in [0.3, 0.4) is 0 Å². The average Bonchev–Trinajstić information content (AvgIpc) is 2.64. The number of ketones is 3. The number of carbonyl (C=O) groups is 3. The van der Waals surface area contributed by atoms with Gasteiger partial charge in [-0.15, -0.1) is 0 Å². The molecule has 3 N–H and O–H groups in total. The van der Waals surface area contributed by atoms with E-state index in [2.05, 4.69) is 0 Å². The largest absolute Gasteiger partial charge is 0.512 e. The topological polar surface area (TPSA) is 112 Å². The van der Waals surface area contributed by atoms with Gasteiger partial charge in [-0.2, -0.15) is 0 Å². The maximum Gasteiger partial charge on any atom is 0.164 e. The Bertz CT molecular complexity index is 801. The molecule has 0 aromatic carbocycles. The van der Waals surface area contributed by atoms with Crippen LogP contribution in [0, 0.1) is 72.4 Å². The molecule has 0 heterocycles. The third-order valence-electron chi connectivity index (χ3n) is 5.33. The van der Waals surface area contributed by atoms with Crippen LogP contribution in [0.4, 0.5) is 0 Å². The van der Waals surface area contributed by atoms with Crippen LogP contribution in [0.2, 0.25) is 0 Å². The van der Waals surface area contributed by atoms with Crippen molar-refractivity contribution in [3.05, 3.63) is 35.5 Å². The summed E-state index contributed by atoms with van der Waals surface area (Å²) >= 11 is 0. The minimum atomic E-state index is -0.417. The smallest absolute Gasteiger partial charge is 0.164 e. The SMILES string of the molecule is CC(C)(C)C(=O)/C=C(\O)C(C)(C)C.CC(C)(C)C(=O)/C=C(\O)C(C)(C)C.CC(C)(C)C(=O)/C=C(\O)C(C)(C)C.[Gd]. The van der Waals surface area contributed by atoms with Gasteiger partial charge in [0.2, 0.25) is 0 Å². The van der Waals surface area contributed by atoms with Gasteiger partial charge in [0.25, 0.3) is 0 Å². The Morgan fingerprint density at radius 1 is 0.350 bits per heavy atom. The molecule has 0 amide bonds. The van der Waals surface area contributed by atoms with Crippen molar-refractivity contribution >= 4 is 17.3 Å². The molecule has 0 unspecified atom stereocenters. The van der Waals surface area contributed by atoms with Crippen molar-refractivity contribution < 1.29 is 69.6 Å². The second-order valence-electron chi connectivity index (χ2n) is 16.2. The first-order chi connectivity index (χ1) is 16.6. The van der Waals surface area contributed by atoms with Crippen molar-refractivity contribution in [3.63, 3.8) is 0 Å². The van der Waals surface area contributed by atoms with Crippen LogP contribution in [0.1, 0.15) is 125 Å². The van der Waals surface area contributed by atoms with Crippen molar-refractivity contribution in [1.82, 2.24) is 0 Å². The van der Waals surface area contributed by atoms with E-state index in [-0.39, 0.29) is 90.8 Å². The third-order valence-corrected chi connectivity index (χ3v) is 5.33. The summed E-state index contributed by atoms with van der Waals surface area (Å²) in [5, 5.41) is 28.7. The molecule has 0 radical (unpaired) electrons. The van der Waals surface area contributed by atoms with E-state index in [1.54, 1.807) is 0 Å². The first kappa shape index (κ1) is 45.9. The number of hydrogen-bond donors (Lipinski definition) is 3. The molecule has 0 aromatic rings. The first-order valence-electron chi connectivity index (χ1n) is 13.5. The van der Waals surface area contributed by atoms with E-state index >= 15 is 0 Å². The molecule has 0 aliphatic rings. The summed E-state index contributed by atoms with van der Waals surface area (Å²) in [4.78, 5) is 34.5. The minimum Gasteiger partial charge on any atom is -0.512 e. The number of hydrogen-bond acceptors (Lipinski definition) is 6. The Morgan fingerprint density at radius 2 is 0.475 bits per heavy atom. The molecule has 0 aromatic heterocycles. The molecule has 7 heteroatoms. The molecule has 236 valence electrons. The van der Waals surface area contributed by atoms with Gasteiger partial charge >= 0.3 is 0 Å². The Kier molecular flexibility index (Phi) is 19.0. The fourth-order valence-electron chi connectivity index (χ4n) is 1.67. The van der Waals surface area contributed by atoms with E-state index in [1.807, 2.05) is 125 Å². The second kappa shape index (κ2) is 16.6.